The third-order valence-corrected chi connectivity index (χ3v) is 3.42. The number of hydrogen-bond acceptors (Lipinski definition) is 3. The summed E-state index contributed by atoms with van der Waals surface area (Å²) in [7, 11) is 0. The third-order valence-electron chi connectivity index (χ3n) is 2.41. The van der Waals surface area contributed by atoms with E-state index in [1.807, 2.05) is 40.9 Å². The van der Waals surface area contributed by atoms with Gasteiger partial charge in [0.25, 0.3) is 0 Å². The van der Waals surface area contributed by atoms with Gasteiger partial charge in [-0.25, -0.2) is 4.98 Å². The van der Waals surface area contributed by atoms with Gasteiger partial charge in [-0.1, -0.05) is 0 Å². The molecular formula is C12H8N2OS. The molecule has 3 aromatic heterocycles. The van der Waals surface area contributed by atoms with E-state index in [0.717, 1.165) is 27.4 Å². The van der Waals surface area contributed by atoms with Crippen molar-refractivity contribution >= 4 is 23.1 Å². The van der Waals surface area contributed by atoms with Crippen LogP contribution in [0.15, 0.2) is 42.7 Å². The summed E-state index contributed by atoms with van der Waals surface area (Å²) in [4.78, 5) is 16.7. The summed E-state index contributed by atoms with van der Waals surface area (Å²) in [5.41, 5.74) is 1.10. The molecule has 0 unspecified atom stereocenters. The smallest absolute Gasteiger partial charge is 0.160 e. The zero-order valence-corrected chi connectivity index (χ0v) is 9.15. The molecule has 0 N–H and O–H groups in total. The van der Waals surface area contributed by atoms with Crippen molar-refractivity contribution in [2.24, 2.45) is 0 Å². The Labute approximate surface area is 96.0 Å². The Morgan fingerprint density at radius 2 is 2.19 bits per heavy atom. The summed E-state index contributed by atoms with van der Waals surface area (Å²) in [5, 5.41) is 0. The molecule has 3 nitrogen and oxygen atoms in total. The van der Waals surface area contributed by atoms with Crippen LogP contribution in [0.4, 0.5) is 0 Å². The van der Waals surface area contributed by atoms with Gasteiger partial charge in [-0.15, -0.1) is 11.3 Å². The van der Waals surface area contributed by atoms with Crippen molar-refractivity contribution in [2.75, 3.05) is 0 Å². The molecule has 0 atom stereocenters. The Morgan fingerprint density at radius 3 is 3.00 bits per heavy atom. The second-order valence-electron chi connectivity index (χ2n) is 3.39. The highest BCUT2D eigenvalue weighted by molar-refractivity contribution is 7.16. The highest BCUT2D eigenvalue weighted by Gasteiger charge is 2.07. The van der Waals surface area contributed by atoms with Gasteiger partial charge in [0, 0.05) is 17.9 Å². The second-order valence-corrected chi connectivity index (χ2v) is 4.51. The van der Waals surface area contributed by atoms with E-state index >= 15 is 0 Å². The maximum atomic E-state index is 10.6. The van der Waals surface area contributed by atoms with Crippen LogP contribution in [-0.4, -0.2) is 15.7 Å². The summed E-state index contributed by atoms with van der Waals surface area (Å²) in [6.07, 6.45) is 4.62. The molecule has 0 aromatic carbocycles. The van der Waals surface area contributed by atoms with E-state index < -0.39 is 0 Å². The van der Waals surface area contributed by atoms with Gasteiger partial charge in [-0.3, -0.25) is 4.79 Å². The van der Waals surface area contributed by atoms with Crippen LogP contribution in [0, 0.1) is 0 Å². The lowest BCUT2D eigenvalue weighted by Crippen LogP contribution is -1.91. The minimum atomic E-state index is 0.723. The van der Waals surface area contributed by atoms with Gasteiger partial charge in [-0.05, 0) is 30.3 Å². The molecule has 0 saturated carbocycles. The lowest BCUT2D eigenvalue weighted by molar-refractivity contribution is 0.112. The second kappa shape index (κ2) is 3.57. The highest BCUT2D eigenvalue weighted by Crippen LogP contribution is 2.26. The first-order valence-electron chi connectivity index (χ1n) is 4.86. The van der Waals surface area contributed by atoms with Gasteiger partial charge < -0.3 is 4.40 Å². The predicted molar refractivity (Wildman–Crippen MR) is 63.9 cm³/mol. The van der Waals surface area contributed by atoms with Gasteiger partial charge in [0.2, 0.25) is 0 Å². The minimum Gasteiger partial charge on any atom is -0.301 e. The molecule has 4 heteroatoms. The molecule has 0 spiro atoms. The Kier molecular flexibility index (Phi) is 2.08. The van der Waals surface area contributed by atoms with Crippen LogP contribution >= 0.6 is 11.3 Å². The van der Waals surface area contributed by atoms with Crippen molar-refractivity contribution in [3.63, 3.8) is 0 Å². The topological polar surface area (TPSA) is 34.4 Å². The molecule has 3 aromatic rings. The molecule has 0 fully saturated rings. The summed E-state index contributed by atoms with van der Waals surface area (Å²) >= 11 is 1.45. The number of aldehydes is 1. The first-order chi connectivity index (χ1) is 7.88. The van der Waals surface area contributed by atoms with E-state index in [1.165, 1.54) is 11.3 Å². The van der Waals surface area contributed by atoms with Crippen molar-refractivity contribution in [2.45, 2.75) is 0 Å². The van der Waals surface area contributed by atoms with Crippen LogP contribution in [0.3, 0.4) is 0 Å². The van der Waals surface area contributed by atoms with Crippen LogP contribution in [0.25, 0.3) is 16.2 Å². The molecule has 16 heavy (non-hydrogen) atoms. The van der Waals surface area contributed by atoms with E-state index in [4.69, 9.17) is 0 Å². The number of fused-ring (bicyclic) bond motifs is 1. The number of aromatic nitrogens is 2. The quantitative estimate of drug-likeness (QED) is 0.632. The summed E-state index contributed by atoms with van der Waals surface area (Å²) < 4.78 is 2.01. The van der Waals surface area contributed by atoms with Crippen molar-refractivity contribution in [1.82, 2.24) is 9.38 Å². The Bertz CT molecular complexity index is 654. The van der Waals surface area contributed by atoms with Crippen LogP contribution in [0.5, 0.6) is 0 Å². The van der Waals surface area contributed by atoms with Crippen LogP contribution in [0.2, 0.25) is 0 Å². The largest absolute Gasteiger partial charge is 0.301 e. The van der Waals surface area contributed by atoms with E-state index in [1.54, 1.807) is 6.20 Å². The monoisotopic (exact) mass is 228 g/mol. The fourth-order valence-corrected chi connectivity index (χ4v) is 2.50. The SMILES string of the molecule is O=Cc1ccc(-c2nccc3cccn23)s1. The molecule has 0 aliphatic carbocycles. The number of thiophene rings is 1. The zero-order valence-electron chi connectivity index (χ0n) is 8.33. The van der Waals surface area contributed by atoms with Crippen molar-refractivity contribution in [3.05, 3.63) is 47.6 Å². The number of hydrogen-bond donors (Lipinski definition) is 0. The van der Waals surface area contributed by atoms with E-state index in [9.17, 15) is 4.79 Å². The lowest BCUT2D eigenvalue weighted by Gasteiger charge is -2.01. The molecule has 0 aliphatic rings. The third kappa shape index (κ3) is 1.35. The van der Waals surface area contributed by atoms with Crippen molar-refractivity contribution < 1.29 is 4.79 Å². The minimum absolute atomic E-state index is 0.723. The standard InChI is InChI=1S/C12H8N2OS/c15-8-10-3-4-11(16-10)12-13-6-5-9-2-1-7-14(9)12/h1-8H. The molecule has 0 radical (unpaired) electrons. The molecule has 0 saturated heterocycles. The van der Waals surface area contributed by atoms with Gasteiger partial charge in [0.05, 0.1) is 9.75 Å². The fourth-order valence-electron chi connectivity index (χ4n) is 1.69. The van der Waals surface area contributed by atoms with Crippen LogP contribution in [-0.2, 0) is 0 Å². The number of carbonyl (C=O) groups is 1. The summed E-state index contributed by atoms with van der Waals surface area (Å²) in [6.45, 7) is 0. The normalized spacial score (nSPS) is 10.8. The molecule has 3 rings (SSSR count). The summed E-state index contributed by atoms with van der Waals surface area (Å²) in [5.74, 6) is 0.876. The first-order valence-corrected chi connectivity index (χ1v) is 5.67. The zero-order chi connectivity index (χ0) is 11.0. The lowest BCUT2D eigenvalue weighted by atomic mass is 10.4. The molecule has 78 valence electrons. The Balaban J connectivity index is 2.24. The van der Waals surface area contributed by atoms with Crippen LogP contribution < -0.4 is 0 Å². The number of rotatable bonds is 2. The molecule has 0 amide bonds. The average Bonchev–Trinajstić information content (AvgIpc) is 2.97. The Hall–Kier alpha value is -1.94. The molecule has 0 bridgehead atoms. The van der Waals surface area contributed by atoms with Crippen molar-refractivity contribution in [3.8, 4) is 10.7 Å². The number of nitrogens with zero attached hydrogens (tertiary/aromatic N) is 2. The summed E-state index contributed by atoms with van der Waals surface area (Å²) in [6, 6.07) is 9.71. The van der Waals surface area contributed by atoms with Gasteiger partial charge in [0.15, 0.2) is 12.1 Å². The van der Waals surface area contributed by atoms with E-state index in [0.29, 0.717) is 0 Å². The fraction of sp³-hybridized carbons (Fsp3) is 0. The Morgan fingerprint density at radius 1 is 1.25 bits per heavy atom. The van der Waals surface area contributed by atoms with E-state index in [2.05, 4.69) is 4.98 Å². The average molecular weight is 228 g/mol. The highest BCUT2D eigenvalue weighted by atomic mass is 32.1. The van der Waals surface area contributed by atoms with Gasteiger partial charge in [-0.2, -0.15) is 0 Å². The molecule has 0 aliphatic heterocycles. The van der Waals surface area contributed by atoms with Gasteiger partial charge >= 0.3 is 0 Å². The van der Waals surface area contributed by atoms with Crippen molar-refractivity contribution in [1.29, 1.82) is 0 Å². The molecule has 3 heterocycles. The van der Waals surface area contributed by atoms with Gasteiger partial charge in [0.1, 0.15) is 0 Å². The van der Waals surface area contributed by atoms with Crippen LogP contribution in [0.1, 0.15) is 9.67 Å². The first kappa shape index (κ1) is 9.30. The molecular weight excluding hydrogens is 220 g/mol. The number of carbonyl (C=O) groups excluding carboxylic acids is 1. The maximum Gasteiger partial charge on any atom is 0.160 e. The van der Waals surface area contributed by atoms with E-state index in [-0.39, 0.29) is 0 Å². The predicted octanol–water partition coefficient (Wildman–Crippen LogP) is 2.88. The maximum absolute atomic E-state index is 10.6.